The molecule has 0 fully saturated rings. The number of H-pyrrole nitrogens is 1. The Balaban J connectivity index is 2.11. The van der Waals surface area contributed by atoms with E-state index in [9.17, 15) is 4.39 Å². The van der Waals surface area contributed by atoms with Gasteiger partial charge in [-0.3, -0.25) is 5.10 Å². The molecule has 1 N–H and O–H groups in total. The maximum absolute atomic E-state index is 12.9. The van der Waals surface area contributed by atoms with Crippen LogP contribution < -0.4 is 0 Å². The highest BCUT2D eigenvalue weighted by atomic mass is 19.1. The lowest BCUT2D eigenvalue weighted by Gasteiger charge is -2.16. The Morgan fingerprint density at radius 2 is 2.00 bits per heavy atom. The summed E-state index contributed by atoms with van der Waals surface area (Å²) in [6.07, 6.45) is 4.24. The quantitative estimate of drug-likeness (QED) is 0.863. The summed E-state index contributed by atoms with van der Waals surface area (Å²) in [6, 6.07) is 6.50. The Bertz CT molecular complexity index is 504. The van der Waals surface area contributed by atoms with Gasteiger partial charge in [0.25, 0.3) is 0 Å². The number of halogens is 1. The van der Waals surface area contributed by atoms with Crippen molar-refractivity contribution in [1.29, 1.82) is 0 Å². The first-order valence-electron chi connectivity index (χ1n) is 6.67. The molecule has 0 unspecified atom stereocenters. The predicted molar refractivity (Wildman–Crippen MR) is 75.2 cm³/mol. The molecule has 2 rings (SSSR count). The average molecular weight is 261 g/mol. The Kier molecular flexibility index (Phi) is 4.68. The second-order valence-electron chi connectivity index (χ2n) is 4.87. The van der Waals surface area contributed by atoms with Gasteiger partial charge in [-0.05, 0) is 44.3 Å². The SMILES string of the molecule is CCCCN(C)Cc1cn[nH]c1-c1ccc(F)cc1. The van der Waals surface area contributed by atoms with Crippen molar-refractivity contribution >= 4 is 0 Å². The molecule has 0 amide bonds. The third-order valence-electron chi connectivity index (χ3n) is 3.18. The van der Waals surface area contributed by atoms with Gasteiger partial charge in [0.05, 0.1) is 11.9 Å². The summed E-state index contributed by atoms with van der Waals surface area (Å²) >= 11 is 0. The summed E-state index contributed by atoms with van der Waals surface area (Å²) in [7, 11) is 2.11. The molecule has 0 atom stereocenters. The molecular formula is C15H20FN3. The molecule has 4 heteroatoms. The van der Waals surface area contributed by atoms with Gasteiger partial charge in [0.1, 0.15) is 5.82 Å². The van der Waals surface area contributed by atoms with Crippen LogP contribution in [0.3, 0.4) is 0 Å². The highest BCUT2D eigenvalue weighted by Crippen LogP contribution is 2.22. The Labute approximate surface area is 113 Å². The minimum absolute atomic E-state index is 0.218. The standard InChI is InChI=1S/C15H20FN3/c1-3-4-9-19(2)11-13-10-17-18-15(13)12-5-7-14(16)8-6-12/h5-8,10H,3-4,9,11H2,1-2H3,(H,17,18). The van der Waals surface area contributed by atoms with Crippen LogP contribution in [0.2, 0.25) is 0 Å². The molecule has 0 spiro atoms. The molecule has 0 saturated carbocycles. The van der Waals surface area contributed by atoms with Crippen LogP contribution in [0.4, 0.5) is 4.39 Å². The van der Waals surface area contributed by atoms with Crippen LogP contribution in [0, 0.1) is 5.82 Å². The number of nitrogens with zero attached hydrogens (tertiary/aromatic N) is 2. The number of rotatable bonds is 6. The van der Waals surface area contributed by atoms with Crippen molar-refractivity contribution in [2.45, 2.75) is 26.3 Å². The highest BCUT2D eigenvalue weighted by molar-refractivity contribution is 5.62. The van der Waals surface area contributed by atoms with Crippen molar-refractivity contribution in [2.75, 3.05) is 13.6 Å². The average Bonchev–Trinajstić information content (AvgIpc) is 2.85. The third-order valence-corrected chi connectivity index (χ3v) is 3.18. The van der Waals surface area contributed by atoms with Crippen molar-refractivity contribution in [3.05, 3.63) is 41.8 Å². The fourth-order valence-corrected chi connectivity index (χ4v) is 2.10. The molecular weight excluding hydrogens is 241 g/mol. The lowest BCUT2D eigenvalue weighted by molar-refractivity contribution is 0.321. The lowest BCUT2D eigenvalue weighted by atomic mass is 10.1. The monoisotopic (exact) mass is 261 g/mol. The summed E-state index contributed by atoms with van der Waals surface area (Å²) in [5.74, 6) is -0.218. The van der Waals surface area contributed by atoms with Crippen LogP contribution in [0.15, 0.2) is 30.5 Å². The predicted octanol–water partition coefficient (Wildman–Crippen LogP) is 3.45. The topological polar surface area (TPSA) is 31.9 Å². The highest BCUT2D eigenvalue weighted by Gasteiger charge is 2.09. The molecule has 1 aromatic carbocycles. The van der Waals surface area contributed by atoms with Gasteiger partial charge in [-0.2, -0.15) is 5.10 Å². The van der Waals surface area contributed by atoms with Crippen molar-refractivity contribution in [1.82, 2.24) is 15.1 Å². The fourth-order valence-electron chi connectivity index (χ4n) is 2.10. The van der Waals surface area contributed by atoms with E-state index in [4.69, 9.17) is 0 Å². The van der Waals surface area contributed by atoms with Gasteiger partial charge in [0, 0.05) is 17.7 Å². The zero-order valence-corrected chi connectivity index (χ0v) is 11.5. The number of benzene rings is 1. The van der Waals surface area contributed by atoms with Gasteiger partial charge in [0.2, 0.25) is 0 Å². The van der Waals surface area contributed by atoms with Crippen LogP contribution in [0.1, 0.15) is 25.3 Å². The minimum Gasteiger partial charge on any atom is -0.302 e. The zero-order chi connectivity index (χ0) is 13.7. The van der Waals surface area contributed by atoms with Crippen LogP contribution in [0.5, 0.6) is 0 Å². The van der Waals surface area contributed by atoms with Crippen LogP contribution in [0.25, 0.3) is 11.3 Å². The second kappa shape index (κ2) is 6.48. The van der Waals surface area contributed by atoms with Gasteiger partial charge < -0.3 is 4.90 Å². The van der Waals surface area contributed by atoms with Crippen molar-refractivity contribution in [2.24, 2.45) is 0 Å². The van der Waals surface area contributed by atoms with E-state index in [0.717, 1.165) is 29.9 Å². The van der Waals surface area contributed by atoms with E-state index < -0.39 is 0 Å². The van der Waals surface area contributed by atoms with Crippen LogP contribution in [-0.2, 0) is 6.54 Å². The maximum Gasteiger partial charge on any atom is 0.123 e. The summed E-state index contributed by atoms with van der Waals surface area (Å²) in [4.78, 5) is 2.28. The molecule has 0 saturated heterocycles. The summed E-state index contributed by atoms with van der Waals surface area (Å²) < 4.78 is 12.9. The van der Waals surface area contributed by atoms with Crippen LogP contribution in [-0.4, -0.2) is 28.7 Å². The van der Waals surface area contributed by atoms with E-state index >= 15 is 0 Å². The third kappa shape index (κ3) is 3.64. The van der Waals surface area contributed by atoms with Crippen molar-refractivity contribution < 1.29 is 4.39 Å². The Hall–Kier alpha value is -1.68. The Morgan fingerprint density at radius 3 is 2.68 bits per heavy atom. The second-order valence-corrected chi connectivity index (χ2v) is 4.87. The molecule has 102 valence electrons. The molecule has 0 aliphatic heterocycles. The lowest BCUT2D eigenvalue weighted by Crippen LogP contribution is -2.19. The maximum atomic E-state index is 12.9. The molecule has 2 aromatic rings. The molecule has 0 radical (unpaired) electrons. The molecule has 0 bridgehead atoms. The van der Waals surface area contributed by atoms with Crippen molar-refractivity contribution in [3.63, 3.8) is 0 Å². The smallest absolute Gasteiger partial charge is 0.123 e. The normalized spacial score (nSPS) is 11.2. The van der Waals surface area contributed by atoms with Gasteiger partial charge in [-0.25, -0.2) is 4.39 Å². The Morgan fingerprint density at radius 1 is 1.26 bits per heavy atom. The first kappa shape index (κ1) is 13.7. The molecule has 0 aliphatic carbocycles. The fraction of sp³-hybridized carbons (Fsp3) is 0.400. The van der Waals surface area contributed by atoms with E-state index in [1.807, 2.05) is 6.20 Å². The molecule has 0 aliphatic rings. The molecule has 1 heterocycles. The first-order chi connectivity index (χ1) is 9.20. The van der Waals surface area contributed by atoms with Gasteiger partial charge in [-0.1, -0.05) is 13.3 Å². The van der Waals surface area contributed by atoms with Crippen LogP contribution >= 0.6 is 0 Å². The number of hydrogen-bond acceptors (Lipinski definition) is 2. The first-order valence-corrected chi connectivity index (χ1v) is 6.67. The minimum atomic E-state index is -0.218. The summed E-state index contributed by atoms with van der Waals surface area (Å²) in [6.45, 7) is 4.11. The van der Waals surface area contributed by atoms with Gasteiger partial charge in [-0.15, -0.1) is 0 Å². The molecule has 3 nitrogen and oxygen atoms in total. The van der Waals surface area contributed by atoms with Gasteiger partial charge in [0.15, 0.2) is 0 Å². The molecule has 19 heavy (non-hydrogen) atoms. The van der Waals surface area contributed by atoms with E-state index in [1.165, 1.54) is 25.0 Å². The number of aromatic nitrogens is 2. The summed E-state index contributed by atoms with van der Waals surface area (Å²) in [5, 5.41) is 7.11. The number of nitrogens with one attached hydrogen (secondary N) is 1. The van der Waals surface area contributed by atoms with E-state index in [0.29, 0.717) is 0 Å². The summed E-state index contributed by atoms with van der Waals surface area (Å²) in [5.41, 5.74) is 3.09. The van der Waals surface area contributed by atoms with E-state index in [1.54, 1.807) is 12.1 Å². The molecule has 1 aromatic heterocycles. The zero-order valence-electron chi connectivity index (χ0n) is 11.5. The number of unbranched alkanes of at least 4 members (excludes halogenated alkanes) is 1. The number of aromatic amines is 1. The largest absolute Gasteiger partial charge is 0.302 e. The van der Waals surface area contributed by atoms with Crippen molar-refractivity contribution in [3.8, 4) is 11.3 Å². The van der Waals surface area contributed by atoms with Gasteiger partial charge >= 0.3 is 0 Å². The number of hydrogen-bond donors (Lipinski definition) is 1. The van der Waals surface area contributed by atoms with E-state index in [2.05, 4.69) is 29.1 Å². The van der Waals surface area contributed by atoms with E-state index in [-0.39, 0.29) is 5.82 Å².